The van der Waals surface area contributed by atoms with E-state index in [1.165, 1.54) is 71.1 Å². The van der Waals surface area contributed by atoms with Crippen LogP contribution in [-0.2, 0) is 0 Å². The highest BCUT2D eigenvalue weighted by Gasteiger charge is 2.21. The molecule has 3 heteroatoms. The molecule has 0 aliphatic rings. The zero-order valence-corrected chi connectivity index (χ0v) is 33.4. The third-order valence-electron chi connectivity index (χ3n) is 12.3. The Labute approximate surface area is 354 Å². The molecule has 0 N–H and O–H groups in total. The van der Waals surface area contributed by atoms with Crippen LogP contribution in [0.2, 0.25) is 0 Å². The lowest BCUT2D eigenvalue weighted by atomic mass is 10.0. The maximum Gasteiger partial charge on any atom is 0.0641 e. The number of fused-ring (bicyclic) bond motifs is 8. The Morgan fingerprint density at radius 3 is 1.56 bits per heavy atom. The van der Waals surface area contributed by atoms with Crippen LogP contribution in [0.3, 0.4) is 0 Å². The second-order valence-corrected chi connectivity index (χ2v) is 15.8. The summed E-state index contributed by atoms with van der Waals surface area (Å²) in [4.78, 5) is 2.33. The summed E-state index contributed by atoms with van der Waals surface area (Å²) in [5.41, 5.74) is 15.2. The second-order valence-electron chi connectivity index (χ2n) is 15.8. The number of rotatable bonds is 7. The quantitative estimate of drug-likeness (QED) is 0.157. The van der Waals surface area contributed by atoms with E-state index >= 15 is 0 Å². The predicted octanol–water partition coefficient (Wildman–Crippen LogP) is 15.8. The van der Waals surface area contributed by atoms with Crippen molar-refractivity contribution in [2.75, 3.05) is 4.90 Å². The van der Waals surface area contributed by atoms with Gasteiger partial charge in [-0.15, -0.1) is 0 Å². The van der Waals surface area contributed by atoms with Crippen LogP contribution in [0.5, 0.6) is 0 Å². The summed E-state index contributed by atoms with van der Waals surface area (Å²) in [6.45, 7) is 0. The summed E-state index contributed by atoms with van der Waals surface area (Å²) in [5, 5.41) is 7.46. The Kier molecular flexibility index (Phi) is 8.17. The Balaban J connectivity index is 0.988. The predicted molar refractivity (Wildman–Crippen MR) is 258 cm³/mol. The molecule has 0 saturated carbocycles. The van der Waals surface area contributed by atoms with Gasteiger partial charge in [-0.2, -0.15) is 0 Å². The van der Waals surface area contributed by atoms with Gasteiger partial charge in [0.1, 0.15) is 0 Å². The van der Waals surface area contributed by atoms with Crippen molar-refractivity contribution in [3.8, 4) is 33.6 Å². The van der Waals surface area contributed by atoms with Gasteiger partial charge in [-0.05, 0) is 112 Å². The average molecular weight is 778 g/mol. The summed E-state index contributed by atoms with van der Waals surface area (Å²) in [6, 6.07) is 85.8. The van der Waals surface area contributed by atoms with E-state index in [9.17, 15) is 0 Å². The van der Waals surface area contributed by atoms with Gasteiger partial charge in [-0.1, -0.05) is 158 Å². The van der Waals surface area contributed by atoms with Crippen LogP contribution < -0.4 is 4.90 Å². The number of anilines is 3. The van der Waals surface area contributed by atoms with Gasteiger partial charge in [0.25, 0.3) is 0 Å². The van der Waals surface area contributed by atoms with Gasteiger partial charge in [0.2, 0.25) is 0 Å². The molecule has 0 aliphatic heterocycles. The first-order valence-corrected chi connectivity index (χ1v) is 20.9. The minimum Gasteiger partial charge on any atom is -0.311 e. The third-order valence-corrected chi connectivity index (χ3v) is 12.3. The third kappa shape index (κ3) is 5.82. The average Bonchev–Trinajstić information content (AvgIpc) is 3.86. The van der Waals surface area contributed by atoms with Gasteiger partial charge in [0.15, 0.2) is 0 Å². The van der Waals surface area contributed by atoms with Gasteiger partial charge in [-0.25, -0.2) is 0 Å². The van der Waals surface area contributed by atoms with E-state index in [4.69, 9.17) is 0 Å². The molecule has 12 aromatic rings. The Morgan fingerprint density at radius 2 is 0.820 bits per heavy atom. The first-order valence-electron chi connectivity index (χ1n) is 20.9. The molecule has 0 saturated heterocycles. The van der Waals surface area contributed by atoms with Gasteiger partial charge in [-0.3, -0.25) is 0 Å². The van der Waals surface area contributed by atoms with Crippen molar-refractivity contribution in [2.24, 2.45) is 0 Å². The van der Waals surface area contributed by atoms with Crippen LogP contribution >= 0.6 is 0 Å². The molecule has 0 fully saturated rings. The number of aromatic nitrogens is 2. The summed E-state index contributed by atoms with van der Waals surface area (Å²) in [7, 11) is 0. The molecule has 286 valence electrons. The van der Waals surface area contributed by atoms with E-state index in [0.29, 0.717) is 0 Å². The van der Waals surface area contributed by atoms with Crippen LogP contribution in [0.4, 0.5) is 17.1 Å². The molecule has 2 aromatic heterocycles. The topological polar surface area (TPSA) is 13.1 Å². The van der Waals surface area contributed by atoms with Crippen LogP contribution in [0, 0.1) is 0 Å². The van der Waals surface area contributed by atoms with E-state index in [2.05, 4.69) is 251 Å². The second kappa shape index (κ2) is 14.3. The van der Waals surface area contributed by atoms with Gasteiger partial charge < -0.3 is 14.0 Å². The molecular weight excluding hydrogens is 739 g/mol. The molecule has 61 heavy (non-hydrogen) atoms. The standard InChI is InChI=1S/C58H39N3/c1-3-14-40(15-4-1)42-26-31-47(32-27-42)59(46-19-5-2-6-20-46)48-33-28-43(29-34-48)45-18-13-21-49(38-45)61-54-24-11-9-22-51(54)52-36-37-56-57(58(52)61)53-23-10-12-25-55(53)60(56)50-35-30-41-16-7-8-17-44(41)39-50/h1-39H. The summed E-state index contributed by atoms with van der Waals surface area (Å²) >= 11 is 0. The van der Waals surface area contributed by atoms with Crippen LogP contribution in [-0.4, -0.2) is 9.13 Å². The van der Waals surface area contributed by atoms with E-state index in [0.717, 1.165) is 34.0 Å². The zero-order chi connectivity index (χ0) is 40.3. The fourth-order valence-electron chi connectivity index (χ4n) is 9.46. The largest absolute Gasteiger partial charge is 0.311 e. The number of hydrogen-bond acceptors (Lipinski definition) is 1. The lowest BCUT2D eigenvalue weighted by Gasteiger charge is -2.26. The molecular formula is C58H39N3. The highest BCUT2D eigenvalue weighted by molar-refractivity contribution is 6.26. The molecule has 12 rings (SSSR count). The van der Waals surface area contributed by atoms with Crippen molar-refractivity contribution in [3.05, 3.63) is 237 Å². The first-order chi connectivity index (χ1) is 30.3. The number of para-hydroxylation sites is 3. The monoisotopic (exact) mass is 777 g/mol. The Hall–Kier alpha value is -8.14. The summed E-state index contributed by atoms with van der Waals surface area (Å²) in [5.74, 6) is 0. The summed E-state index contributed by atoms with van der Waals surface area (Å²) < 4.78 is 4.92. The molecule has 0 aliphatic carbocycles. The minimum absolute atomic E-state index is 1.10. The minimum atomic E-state index is 1.10. The Morgan fingerprint density at radius 1 is 0.279 bits per heavy atom. The maximum absolute atomic E-state index is 2.48. The molecule has 0 unspecified atom stereocenters. The van der Waals surface area contributed by atoms with Crippen molar-refractivity contribution < 1.29 is 0 Å². The highest BCUT2D eigenvalue weighted by atomic mass is 15.1. The SMILES string of the molecule is c1ccc(-c2ccc(N(c3ccccc3)c3ccc(-c4cccc(-n5c6ccccc6c6ccc7c(c8ccccc8n7-c7ccc8ccccc8c7)c65)c4)cc3)cc2)cc1. The molecule has 0 bridgehead atoms. The Bertz CT molecular complexity index is 3560. The van der Waals surface area contributed by atoms with Crippen molar-refractivity contribution in [3.63, 3.8) is 0 Å². The lowest BCUT2D eigenvalue weighted by Crippen LogP contribution is -2.09. The van der Waals surface area contributed by atoms with Gasteiger partial charge in [0, 0.05) is 50.0 Å². The molecule has 0 amide bonds. The maximum atomic E-state index is 2.48. The van der Waals surface area contributed by atoms with E-state index < -0.39 is 0 Å². The number of benzene rings is 10. The van der Waals surface area contributed by atoms with Gasteiger partial charge in [0.05, 0.1) is 22.1 Å². The van der Waals surface area contributed by atoms with Crippen LogP contribution in [0.1, 0.15) is 0 Å². The van der Waals surface area contributed by atoms with E-state index in [1.807, 2.05) is 0 Å². The van der Waals surface area contributed by atoms with Gasteiger partial charge >= 0.3 is 0 Å². The number of hydrogen-bond donors (Lipinski definition) is 0. The van der Waals surface area contributed by atoms with Crippen LogP contribution in [0.15, 0.2) is 237 Å². The molecule has 3 nitrogen and oxygen atoms in total. The normalized spacial score (nSPS) is 11.6. The van der Waals surface area contributed by atoms with Crippen molar-refractivity contribution >= 4 is 71.4 Å². The first kappa shape index (κ1) is 34.9. The highest BCUT2D eigenvalue weighted by Crippen LogP contribution is 2.43. The zero-order valence-electron chi connectivity index (χ0n) is 33.4. The van der Waals surface area contributed by atoms with E-state index in [1.54, 1.807) is 0 Å². The fraction of sp³-hybridized carbons (Fsp3) is 0. The van der Waals surface area contributed by atoms with Crippen LogP contribution in [0.25, 0.3) is 88.0 Å². The molecule has 10 aromatic carbocycles. The van der Waals surface area contributed by atoms with Crippen molar-refractivity contribution in [1.82, 2.24) is 9.13 Å². The van der Waals surface area contributed by atoms with E-state index in [-0.39, 0.29) is 0 Å². The lowest BCUT2D eigenvalue weighted by molar-refractivity contribution is 1.18. The van der Waals surface area contributed by atoms with Crippen molar-refractivity contribution in [1.29, 1.82) is 0 Å². The molecule has 0 radical (unpaired) electrons. The molecule has 0 atom stereocenters. The smallest absolute Gasteiger partial charge is 0.0641 e. The number of nitrogens with zero attached hydrogens (tertiary/aromatic N) is 3. The summed E-state index contributed by atoms with van der Waals surface area (Å²) in [6.07, 6.45) is 0. The molecule has 0 spiro atoms. The molecule has 2 heterocycles. The fourth-order valence-corrected chi connectivity index (χ4v) is 9.46. The van der Waals surface area contributed by atoms with Crippen molar-refractivity contribution in [2.45, 2.75) is 0 Å².